The molecule has 2 aliphatic rings. The van der Waals surface area contributed by atoms with E-state index >= 15 is 0 Å². The molecule has 0 bridgehead atoms. The molecule has 6 rings (SSSR count). The molecule has 2 aromatic carbocycles. The summed E-state index contributed by atoms with van der Waals surface area (Å²) in [5.74, 6) is -1.28. The number of carbonyl (C=O) groups is 1. The summed E-state index contributed by atoms with van der Waals surface area (Å²) in [5.41, 5.74) is 4.21. The highest BCUT2D eigenvalue weighted by Gasteiger charge is 2.44. The molecule has 6 nitrogen and oxygen atoms in total. The SMILES string of the molecule is [C-]#[N+]c1sccc1-c1c(-c2cccc(C3CC3C(=O)O)c2)n(S(=O)(=O)C2CC2)c2ccccc12. The predicted molar refractivity (Wildman–Crippen MR) is 133 cm³/mol. The number of hydrogen-bond acceptors (Lipinski definition) is 4. The van der Waals surface area contributed by atoms with Gasteiger partial charge in [-0.15, -0.1) is 0 Å². The summed E-state index contributed by atoms with van der Waals surface area (Å²) < 4.78 is 29.0. The number of nitrogens with zero attached hydrogens (tertiary/aromatic N) is 2. The van der Waals surface area contributed by atoms with Crippen molar-refractivity contribution in [2.75, 3.05) is 0 Å². The summed E-state index contributed by atoms with van der Waals surface area (Å²) in [4.78, 5) is 15.2. The zero-order valence-corrected chi connectivity index (χ0v) is 19.6. The van der Waals surface area contributed by atoms with E-state index in [1.54, 1.807) is 0 Å². The van der Waals surface area contributed by atoms with Crippen molar-refractivity contribution < 1.29 is 18.3 Å². The van der Waals surface area contributed by atoms with Crippen LogP contribution in [0.25, 0.3) is 38.1 Å². The van der Waals surface area contributed by atoms with Crippen LogP contribution in [0, 0.1) is 12.5 Å². The largest absolute Gasteiger partial charge is 0.481 e. The molecule has 4 aromatic rings. The number of carboxylic acids is 1. The molecular formula is C26H20N2O4S2. The highest BCUT2D eigenvalue weighted by Crippen LogP contribution is 2.51. The second-order valence-corrected chi connectivity index (χ2v) is 11.9. The zero-order valence-electron chi connectivity index (χ0n) is 18.0. The van der Waals surface area contributed by atoms with E-state index in [1.165, 1.54) is 15.3 Å². The van der Waals surface area contributed by atoms with Gasteiger partial charge in [0.15, 0.2) is 0 Å². The highest BCUT2D eigenvalue weighted by molar-refractivity contribution is 7.91. The number of rotatable bonds is 6. The molecule has 0 spiro atoms. The number of para-hydroxylation sites is 1. The molecule has 2 fully saturated rings. The van der Waals surface area contributed by atoms with E-state index in [9.17, 15) is 18.3 Å². The van der Waals surface area contributed by atoms with Crippen LogP contribution in [0.1, 0.15) is 30.7 Å². The first-order chi connectivity index (χ1) is 16.4. The average molecular weight is 489 g/mol. The molecule has 8 heteroatoms. The lowest BCUT2D eigenvalue weighted by Gasteiger charge is -2.14. The van der Waals surface area contributed by atoms with Crippen molar-refractivity contribution in [3.8, 4) is 22.4 Å². The summed E-state index contributed by atoms with van der Waals surface area (Å²) in [6.45, 7) is 7.66. The van der Waals surface area contributed by atoms with Crippen molar-refractivity contribution in [2.45, 2.75) is 30.4 Å². The van der Waals surface area contributed by atoms with E-state index in [2.05, 4.69) is 4.85 Å². The minimum absolute atomic E-state index is 0.0706. The van der Waals surface area contributed by atoms with E-state index in [1.807, 2.05) is 60.0 Å². The number of carboxylic acid groups (broad SMARTS) is 1. The third kappa shape index (κ3) is 3.19. The molecule has 2 heterocycles. The Kier molecular flexibility index (Phi) is 4.70. The van der Waals surface area contributed by atoms with E-state index in [0.717, 1.165) is 22.1 Å². The third-order valence-corrected chi connectivity index (χ3v) is 9.75. The highest BCUT2D eigenvalue weighted by atomic mass is 32.2. The van der Waals surface area contributed by atoms with Crippen LogP contribution < -0.4 is 0 Å². The van der Waals surface area contributed by atoms with E-state index in [4.69, 9.17) is 6.57 Å². The Morgan fingerprint density at radius 3 is 2.62 bits per heavy atom. The van der Waals surface area contributed by atoms with Gasteiger partial charge in [-0.1, -0.05) is 42.5 Å². The standard InChI is InChI=1S/C26H20N2O4S2/c1-27-25-19(11-12-33-25)23-18-7-2-3-8-22(18)28(34(31,32)17-9-10-17)24(23)16-6-4-5-15(13-16)20-14-21(20)26(29)30/h2-8,11-13,17,20-21H,9-10,14H2,(H,29,30). The first-order valence-electron chi connectivity index (χ1n) is 11.1. The molecule has 2 saturated carbocycles. The molecular weight excluding hydrogens is 468 g/mol. The fraction of sp³-hybridized carbons (Fsp3) is 0.231. The van der Waals surface area contributed by atoms with E-state index < -0.39 is 27.2 Å². The van der Waals surface area contributed by atoms with Crippen LogP contribution >= 0.6 is 11.3 Å². The average Bonchev–Trinajstić information content (AvgIpc) is 3.75. The minimum atomic E-state index is -3.65. The maximum absolute atomic E-state index is 13.7. The molecule has 1 N–H and O–H groups in total. The van der Waals surface area contributed by atoms with Gasteiger partial charge in [0, 0.05) is 22.1 Å². The van der Waals surface area contributed by atoms with Gasteiger partial charge in [0.25, 0.3) is 0 Å². The van der Waals surface area contributed by atoms with Gasteiger partial charge >= 0.3 is 5.97 Å². The van der Waals surface area contributed by atoms with Gasteiger partial charge in [-0.05, 0) is 48.3 Å². The maximum atomic E-state index is 13.7. The molecule has 2 unspecified atom stereocenters. The van der Waals surface area contributed by atoms with Crippen LogP contribution in [0.3, 0.4) is 0 Å². The van der Waals surface area contributed by atoms with E-state index in [0.29, 0.717) is 41.0 Å². The van der Waals surface area contributed by atoms with Crippen molar-refractivity contribution in [1.82, 2.24) is 3.97 Å². The Balaban J connectivity index is 1.68. The molecule has 0 radical (unpaired) electrons. The van der Waals surface area contributed by atoms with Crippen LogP contribution in [0.2, 0.25) is 0 Å². The maximum Gasteiger partial charge on any atom is 0.307 e. The van der Waals surface area contributed by atoms with Gasteiger partial charge in [0.2, 0.25) is 15.0 Å². The second kappa shape index (κ2) is 7.55. The Hall–Kier alpha value is -3.41. The fourth-order valence-corrected chi connectivity index (χ4v) is 7.45. The monoisotopic (exact) mass is 488 g/mol. The molecule has 170 valence electrons. The van der Waals surface area contributed by atoms with Crippen LogP contribution in [0.5, 0.6) is 0 Å². The topological polar surface area (TPSA) is 80.7 Å². The summed E-state index contributed by atoms with van der Waals surface area (Å²) in [6.07, 6.45) is 1.86. The number of aromatic nitrogens is 1. The first-order valence-corrected chi connectivity index (χ1v) is 13.5. The zero-order chi connectivity index (χ0) is 23.6. The van der Waals surface area contributed by atoms with Crippen molar-refractivity contribution in [3.05, 3.63) is 77.0 Å². The molecule has 0 aliphatic heterocycles. The van der Waals surface area contributed by atoms with Gasteiger partial charge in [-0.2, -0.15) is 11.3 Å². The summed E-state index contributed by atoms with van der Waals surface area (Å²) in [6, 6.07) is 16.9. The van der Waals surface area contributed by atoms with Crippen molar-refractivity contribution in [3.63, 3.8) is 0 Å². The molecule has 2 aromatic heterocycles. The van der Waals surface area contributed by atoms with Gasteiger partial charge in [0.1, 0.15) is 0 Å². The number of aliphatic carboxylic acids is 1. The summed E-state index contributed by atoms with van der Waals surface area (Å²) in [5, 5.41) is 12.1. The second-order valence-electron chi connectivity index (χ2n) is 8.91. The van der Waals surface area contributed by atoms with Crippen LogP contribution in [0.4, 0.5) is 5.00 Å². The van der Waals surface area contributed by atoms with Crippen LogP contribution in [-0.2, 0) is 14.8 Å². The van der Waals surface area contributed by atoms with Crippen molar-refractivity contribution in [1.29, 1.82) is 0 Å². The Bertz CT molecular complexity index is 1620. The number of hydrogen-bond donors (Lipinski definition) is 1. The molecule has 34 heavy (non-hydrogen) atoms. The lowest BCUT2D eigenvalue weighted by Crippen LogP contribution is -2.18. The smallest absolute Gasteiger partial charge is 0.307 e. The van der Waals surface area contributed by atoms with Gasteiger partial charge in [0.05, 0.1) is 29.0 Å². The van der Waals surface area contributed by atoms with Gasteiger partial charge in [-0.25, -0.2) is 17.2 Å². The van der Waals surface area contributed by atoms with Crippen LogP contribution in [0.15, 0.2) is 60.0 Å². The normalized spacial score (nSPS) is 19.7. The quantitative estimate of drug-likeness (QED) is 0.332. The number of thiophene rings is 1. The Labute approximate surface area is 201 Å². The lowest BCUT2D eigenvalue weighted by atomic mass is 9.97. The van der Waals surface area contributed by atoms with Crippen molar-refractivity contribution >= 4 is 43.2 Å². The van der Waals surface area contributed by atoms with Crippen LogP contribution in [-0.4, -0.2) is 28.7 Å². The summed E-state index contributed by atoms with van der Waals surface area (Å²) >= 11 is 1.34. The fourth-order valence-electron chi connectivity index (χ4n) is 4.86. The molecule has 2 aliphatic carbocycles. The van der Waals surface area contributed by atoms with E-state index in [-0.39, 0.29) is 5.92 Å². The first kappa shape index (κ1) is 21.1. The Morgan fingerprint density at radius 2 is 1.91 bits per heavy atom. The Morgan fingerprint density at radius 1 is 1.12 bits per heavy atom. The van der Waals surface area contributed by atoms with Crippen molar-refractivity contribution in [2.24, 2.45) is 5.92 Å². The number of fused-ring (bicyclic) bond motifs is 1. The lowest BCUT2D eigenvalue weighted by molar-refractivity contribution is -0.138. The molecule has 0 saturated heterocycles. The molecule has 2 atom stereocenters. The number of benzene rings is 2. The molecule has 0 amide bonds. The van der Waals surface area contributed by atoms with Gasteiger partial charge < -0.3 is 5.11 Å². The summed E-state index contributed by atoms with van der Waals surface area (Å²) in [7, 11) is -3.65. The third-order valence-electron chi connectivity index (χ3n) is 6.74. The predicted octanol–water partition coefficient (Wildman–Crippen LogP) is 6.12. The van der Waals surface area contributed by atoms with Gasteiger partial charge in [-0.3, -0.25) is 4.79 Å². The minimum Gasteiger partial charge on any atom is -0.481 e.